The van der Waals surface area contributed by atoms with Crippen molar-refractivity contribution in [3.05, 3.63) is 130 Å². The third kappa shape index (κ3) is 6.22. The molecule has 1 atom stereocenters. The maximum Gasteiger partial charge on any atom is 0.116 e. The first-order valence-electron chi connectivity index (χ1n) is 13.3. The normalized spacial score (nSPS) is 11.2. The fourth-order valence-electron chi connectivity index (χ4n) is 4.67. The smallest absolute Gasteiger partial charge is 0.116 e. The Morgan fingerprint density at radius 1 is 0.692 bits per heavy atom. The van der Waals surface area contributed by atoms with E-state index in [4.69, 9.17) is 11.2 Å². The lowest BCUT2D eigenvalue weighted by Gasteiger charge is -2.12. The van der Waals surface area contributed by atoms with Crippen LogP contribution in [0, 0.1) is 42.9 Å². The molecular formula is C38H30O. The minimum absolute atomic E-state index is 0.216. The Hall–Kier alpha value is -4.74. The zero-order valence-electron chi connectivity index (χ0n) is 22.4. The summed E-state index contributed by atoms with van der Waals surface area (Å²) in [6.07, 6.45) is 6.86. The summed E-state index contributed by atoms with van der Waals surface area (Å²) in [6, 6.07) is 33.6. The average Bonchev–Trinajstić information content (AvgIpc) is 2.97. The molecule has 0 N–H and O–H groups in total. The van der Waals surface area contributed by atoms with Gasteiger partial charge in [-0.05, 0) is 65.1 Å². The van der Waals surface area contributed by atoms with E-state index in [1.54, 1.807) is 0 Å². The van der Waals surface area contributed by atoms with Gasteiger partial charge >= 0.3 is 0 Å². The third-order valence-corrected chi connectivity index (χ3v) is 6.84. The molecule has 0 saturated carbocycles. The summed E-state index contributed by atoms with van der Waals surface area (Å²) in [6.45, 7) is 4.49. The topological polar surface area (TPSA) is 9.23 Å². The molecule has 5 aromatic rings. The molecule has 0 aliphatic carbocycles. The first kappa shape index (κ1) is 25.9. The molecule has 0 spiro atoms. The lowest BCUT2D eigenvalue weighted by atomic mass is 9.95. The van der Waals surface area contributed by atoms with Crippen LogP contribution < -0.4 is 0 Å². The Kier molecular flexibility index (Phi) is 8.10. The molecule has 0 heterocycles. The van der Waals surface area contributed by atoms with Crippen LogP contribution >= 0.6 is 0 Å². The van der Waals surface area contributed by atoms with Crippen LogP contribution in [0.2, 0.25) is 0 Å². The first-order valence-corrected chi connectivity index (χ1v) is 13.3. The molecule has 0 aromatic heterocycles. The summed E-state index contributed by atoms with van der Waals surface area (Å²) in [5.41, 5.74) is 6.47. The van der Waals surface area contributed by atoms with Gasteiger partial charge in [0.2, 0.25) is 0 Å². The third-order valence-electron chi connectivity index (χ3n) is 6.84. The monoisotopic (exact) mass is 502 g/mol. The van der Waals surface area contributed by atoms with Crippen LogP contribution in [0.25, 0.3) is 21.5 Å². The quantitative estimate of drug-likeness (QED) is 0.220. The van der Waals surface area contributed by atoms with Crippen molar-refractivity contribution >= 4 is 21.5 Å². The lowest BCUT2D eigenvalue weighted by Crippen LogP contribution is -2.06. The van der Waals surface area contributed by atoms with E-state index in [9.17, 15) is 0 Å². The van der Waals surface area contributed by atoms with Crippen molar-refractivity contribution in [2.45, 2.75) is 39.4 Å². The highest BCUT2D eigenvalue weighted by molar-refractivity contribution is 5.92. The van der Waals surface area contributed by atoms with E-state index in [0.29, 0.717) is 13.0 Å². The number of terminal acetylenes is 1. The summed E-state index contributed by atoms with van der Waals surface area (Å²) < 4.78 is 6.20. The van der Waals surface area contributed by atoms with Crippen molar-refractivity contribution in [3.8, 4) is 36.0 Å². The Balaban J connectivity index is 1.50. The van der Waals surface area contributed by atoms with Crippen molar-refractivity contribution in [2.24, 2.45) is 0 Å². The minimum Gasteiger partial charge on any atom is -0.361 e. The van der Waals surface area contributed by atoms with E-state index in [2.05, 4.69) is 121 Å². The zero-order chi connectivity index (χ0) is 27.0. The largest absolute Gasteiger partial charge is 0.361 e. The molecule has 5 rings (SSSR count). The van der Waals surface area contributed by atoms with Gasteiger partial charge in [-0.3, -0.25) is 0 Å². The van der Waals surface area contributed by atoms with Crippen LogP contribution in [-0.4, -0.2) is 6.10 Å². The molecule has 0 fully saturated rings. The van der Waals surface area contributed by atoms with Crippen molar-refractivity contribution in [1.82, 2.24) is 0 Å². The van der Waals surface area contributed by atoms with Gasteiger partial charge in [-0.2, -0.15) is 0 Å². The molecule has 1 nitrogen and oxygen atoms in total. The van der Waals surface area contributed by atoms with Gasteiger partial charge in [0.25, 0.3) is 0 Å². The summed E-state index contributed by atoms with van der Waals surface area (Å²) in [5, 5.41) is 4.60. The Bertz CT molecular complexity index is 1790. The fourth-order valence-corrected chi connectivity index (χ4v) is 4.67. The van der Waals surface area contributed by atoms with E-state index in [1.165, 1.54) is 16.5 Å². The molecule has 0 saturated heterocycles. The second-order valence-corrected chi connectivity index (χ2v) is 9.68. The molecule has 0 radical (unpaired) electrons. The number of benzene rings is 5. The molecule has 0 bridgehead atoms. The summed E-state index contributed by atoms with van der Waals surface area (Å²) in [7, 11) is 0. The Morgan fingerprint density at radius 3 is 1.92 bits per heavy atom. The van der Waals surface area contributed by atoms with Crippen LogP contribution in [0.15, 0.2) is 97.1 Å². The summed E-state index contributed by atoms with van der Waals surface area (Å²) >= 11 is 0. The predicted molar refractivity (Wildman–Crippen MR) is 163 cm³/mol. The number of ether oxygens (including phenoxy) is 1. The van der Waals surface area contributed by atoms with Crippen molar-refractivity contribution in [1.29, 1.82) is 0 Å². The second kappa shape index (κ2) is 12.2. The highest BCUT2D eigenvalue weighted by Crippen LogP contribution is 2.26. The molecule has 0 amide bonds. The van der Waals surface area contributed by atoms with Gasteiger partial charge in [-0.1, -0.05) is 114 Å². The first-order chi connectivity index (χ1) is 19.1. The molecule has 188 valence electrons. The van der Waals surface area contributed by atoms with Crippen LogP contribution in [0.3, 0.4) is 0 Å². The van der Waals surface area contributed by atoms with E-state index < -0.39 is 0 Å². The predicted octanol–water partition coefficient (Wildman–Crippen LogP) is 8.22. The lowest BCUT2D eigenvalue weighted by molar-refractivity contribution is 0.0900. The molecule has 1 heteroatoms. The van der Waals surface area contributed by atoms with Gasteiger partial charge < -0.3 is 4.74 Å². The van der Waals surface area contributed by atoms with E-state index in [-0.39, 0.29) is 6.10 Å². The highest BCUT2D eigenvalue weighted by atomic mass is 16.5. The molecule has 39 heavy (non-hydrogen) atoms. The van der Waals surface area contributed by atoms with Crippen LogP contribution in [0.5, 0.6) is 0 Å². The van der Waals surface area contributed by atoms with E-state index in [1.807, 2.05) is 19.1 Å². The molecule has 0 aliphatic rings. The Morgan fingerprint density at radius 2 is 1.28 bits per heavy atom. The van der Waals surface area contributed by atoms with Gasteiger partial charge in [0.05, 0.1) is 6.61 Å². The van der Waals surface area contributed by atoms with Crippen LogP contribution in [0.4, 0.5) is 0 Å². The van der Waals surface area contributed by atoms with Gasteiger partial charge in [-0.15, -0.1) is 12.3 Å². The van der Waals surface area contributed by atoms with E-state index >= 15 is 0 Å². The number of hydrogen-bond acceptors (Lipinski definition) is 1. The number of hydrogen-bond donors (Lipinski definition) is 0. The van der Waals surface area contributed by atoms with Gasteiger partial charge in [0, 0.05) is 23.1 Å². The number of rotatable bonds is 5. The van der Waals surface area contributed by atoms with Crippen molar-refractivity contribution < 1.29 is 4.74 Å². The molecular weight excluding hydrogens is 472 g/mol. The van der Waals surface area contributed by atoms with Crippen LogP contribution in [-0.2, 0) is 17.8 Å². The molecule has 5 aromatic carbocycles. The van der Waals surface area contributed by atoms with Crippen molar-refractivity contribution in [3.63, 3.8) is 0 Å². The maximum atomic E-state index is 6.20. The number of aryl methyl sites for hydroxylation is 2. The van der Waals surface area contributed by atoms with Gasteiger partial charge in [-0.25, -0.2) is 0 Å². The Labute approximate surface area is 231 Å². The standard InChI is InChI=1S/C38H30O/c1-4-5-10-31-21-22-32-11-6-8-13-35(32)37(31)25-26-38-34(24-23-33-12-7-9-14-36(33)38)27-39-29(3)17-20-30-18-15-28(2)16-19-30/h1,6-9,11-16,18-19,21-24,29H,5,10,27H2,2-3H3/t29-/m0/s1. The molecule has 0 unspecified atom stereocenters. The maximum absolute atomic E-state index is 6.20. The van der Waals surface area contributed by atoms with Gasteiger partial charge in [0.1, 0.15) is 6.10 Å². The second-order valence-electron chi connectivity index (χ2n) is 9.68. The molecule has 0 aliphatic heterocycles. The SMILES string of the molecule is C#CCCc1ccc2ccccc2c1C#Cc1c(CO[C@@H](C)C#Cc2ccc(C)cc2)ccc2ccccc12. The van der Waals surface area contributed by atoms with Crippen LogP contribution in [0.1, 0.15) is 46.7 Å². The summed E-state index contributed by atoms with van der Waals surface area (Å²) in [4.78, 5) is 0. The fraction of sp³-hybridized carbons (Fsp3) is 0.158. The van der Waals surface area contributed by atoms with Crippen molar-refractivity contribution in [2.75, 3.05) is 0 Å². The average molecular weight is 503 g/mol. The van der Waals surface area contributed by atoms with E-state index in [0.717, 1.165) is 44.8 Å². The zero-order valence-corrected chi connectivity index (χ0v) is 22.4. The highest BCUT2D eigenvalue weighted by Gasteiger charge is 2.09. The number of fused-ring (bicyclic) bond motifs is 2. The minimum atomic E-state index is -0.216. The van der Waals surface area contributed by atoms with Gasteiger partial charge in [0.15, 0.2) is 0 Å². The summed E-state index contributed by atoms with van der Waals surface area (Å²) in [5.74, 6) is 16.3.